The molecule has 0 heterocycles. The second-order valence-corrected chi connectivity index (χ2v) is 2.27. The minimum absolute atomic E-state index is 0.629. The van der Waals surface area contributed by atoms with Crippen LogP contribution in [-0.4, -0.2) is 0 Å². The highest BCUT2D eigenvalue weighted by molar-refractivity contribution is 5.27. The number of nitriles is 1. The SMILES string of the molecule is N#CCCC1=C[CH]CC=C1. The van der Waals surface area contributed by atoms with Crippen LogP contribution in [-0.2, 0) is 0 Å². The molecule has 0 fully saturated rings. The first-order valence-electron chi connectivity index (χ1n) is 3.49. The van der Waals surface area contributed by atoms with Crippen molar-refractivity contribution in [1.82, 2.24) is 0 Å². The molecule has 0 aliphatic heterocycles. The lowest BCUT2D eigenvalue weighted by atomic mass is 10.0. The van der Waals surface area contributed by atoms with Gasteiger partial charge in [0.05, 0.1) is 6.07 Å². The van der Waals surface area contributed by atoms with Crippen molar-refractivity contribution in [3.8, 4) is 6.07 Å². The largest absolute Gasteiger partial charge is 0.198 e. The van der Waals surface area contributed by atoms with Crippen LogP contribution in [0.2, 0.25) is 0 Å². The van der Waals surface area contributed by atoms with Crippen LogP contribution in [0.1, 0.15) is 19.3 Å². The summed E-state index contributed by atoms with van der Waals surface area (Å²) in [6, 6.07) is 2.13. The van der Waals surface area contributed by atoms with E-state index in [2.05, 4.69) is 30.7 Å². The van der Waals surface area contributed by atoms with Crippen molar-refractivity contribution in [2.45, 2.75) is 19.3 Å². The predicted molar refractivity (Wildman–Crippen MR) is 41.0 cm³/mol. The Hall–Kier alpha value is -1.03. The van der Waals surface area contributed by atoms with Gasteiger partial charge in [-0.3, -0.25) is 0 Å². The first-order valence-corrected chi connectivity index (χ1v) is 3.49. The van der Waals surface area contributed by atoms with Gasteiger partial charge >= 0.3 is 0 Å². The van der Waals surface area contributed by atoms with Crippen molar-refractivity contribution in [3.05, 3.63) is 30.2 Å². The second-order valence-electron chi connectivity index (χ2n) is 2.27. The van der Waals surface area contributed by atoms with Crippen molar-refractivity contribution >= 4 is 0 Å². The Balaban J connectivity index is 2.34. The van der Waals surface area contributed by atoms with Gasteiger partial charge in [-0.2, -0.15) is 5.26 Å². The van der Waals surface area contributed by atoms with Crippen LogP contribution in [0.15, 0.2) is 23.8 Å². The van der Waals surface area contributed by atoms with Gasteiger partial charge in [-0.25, -0.2) is 0 Å². The minimum atomic E-state index is 0.629. The van der Waals surface area contributed by atoms with Crippen molar-refractivity contribution in [1.29, 1.82) is 5.26 Å². The molecule has 1 aliphatic carbocycles. The monoisotopic (exact) mass is 132 g/mol. The zero-order valence-corrected chi connectivity index (χ0v) is 5.88. The maximum atomic E-state index is 8.29. The Bertz CT molecular complexity index is 193. The van der Waals surface area contributed by atoms with Crippen LogP contribution in [0, 0.1) is 17.8 Å². The Morgan fingerprint density at radius 1 is 1.60 bits per heavy atom. The van der Waals surface area contributed by atoms with Gasteiger partial charge in [0, 0.05) is 6.42 Å². The third-order valence-electron chi connectivity index (χ3n) is 1.46. The molecule has 1 heteroatoms. The van der Waals surface area contributed by atoms with E-state index in [0.717, 1.165) is 12.8 Å². The molecule has 1 radical (unpaired) electrons. The van der Waals surface area contributed by atoms with E-state index in [9.17, 15) is 0 Å². The summed E-state index contributed by atoms with van der Waals surface area (Å²) in [6.07, 6.45) is 11.0. The molecule has 1 rings (SSSR count). The zero-order valence-electron chi connectivity index (χ0n) is 5.88. The fourth-order valence-corrected chi connectivity index (χ4v) is 0.940. The lowest BCUT2D eigenvalue weighted by molar-refractivity contribution is 1.000. The van der Waals surface area contributed by atoms with Gasteiger partial charge in [-0.1, -0.05) is 23.8 Å². The molecule has 51 valence electrons. The molecule has 0 aromatic heterocycles. The number of hydrogen-bond acceptors (Lipinski definition) is 1. The smallest absolute Gasteiger partial charge is 0.0625 e. The second kappa shape index (κ2) is 3.90. The molecular weight excluding hydrogens is 122 g/mol. The van der Waals surface area contributed by atoms with E-state index in [1.807, 2.05) is 0 Å². The van der Waals surface area contributed by atoms with Gasteiger partial charge in [0.2, 0.25) is 0 Å². The number of hydrogen-bond donors (Lipinski definition) is 0. The van der Waals surface area contributed by atoms with E-state index in [0.29, 0.717) is 6.42 Å². The fraction of sp³-hybridized carbons (Fsp3) is 0.333. The van der Waals surface area contributed by atoms with Gasteiger partial charge in [0.15, 0.2) is 0 Å². The average Bonchev–Trinajstić information content (AvgIpc) is 2.03. The van der Waals surface area contributed by atoms with Gasteiger partial charge < -0.3 is 0 Å². The summed E-state index contributed by atoms with van der Waals surface area (Å²) in [6.45, 7) is 0. The lowest BCUT2D eigenvalue weighted by Crippen LogP contribution is -1.84. The van der Waals surface area contributed by atoms with E-state index in [-0.39, 0.29) is 0 Å². The standard InChI is InChI=1S/C9H10N/c10-8-4-7-9-5-2-1-3-6-9/h2-3,5-6H,1,4,7H2. The van der Waals surface area contributed by atoms with Crippen LogP contribution in [0.5, 0.6) is 0 Å². The molecule has 0 amide bonds. The Labute approximate surface area is 61.7 Å². The average molecular weight is 132 g/mol. The molecule has 0 N–H and O–H groups in total. The fourth-order valence-electron chi connectivity index (χ4n) is 0.940. The molecule has 0 spiro atoms. The van der Waals surface area contributed by atoms with Crippen molar-refractivity contribution in [2.24, 2.45) is 0 Å². The van der Waals surface area contributed by atoms with Gasteiger partial charge in [-0.05, 0) is 19.3 Å². The van der Waals surface area contributed by atoms with Gasteiger partial charge in [0.1, 0.15) is 0 Å². The third-order valence-corrected chi connectivity index (χ3v) is 1.46. The molecule has 0 bridgehead atoms. The molecule has 0 saturated carbocycles. The maximum Gasteiger partial charge on any atom is 0.0625 e. The minimum Gasteiger partial charge on any atom is -0.198 e. The predicted octanol–water partition coefficient (Wildman–Crippen LogP) is 2.38. The zero-order chi connectivity index (χ0) is 7.23. The summed E-state index contributed by atoms with van der Waals surface area (Å²) in [5.74, 6) is 0. The highest BCUT2D eigenvalue weighted by Gasteiger charge is 1.95. The van der Waals surface area contributed by atoms with Crippen LogP contribution in [0.3, 0.4) is 0 Å². The number of allylic oxidation sites excluding steroid dienone is 4. The van der Waals surface area contributed by atoms with E-state index in [1.165, 1.54) is 5.57 Å². The first-order chi connectivity index (χ1) is 4.93. The van der Waals surface area contributed by atoms with Gasteiger partial charge in [-0.15, -0.1) is 0 Å². The van der Waals surface area contributed by atoms with Gasteiger partial charge in [0.25, 0.3) is 0 Å². The Kier molecular flexibility index (Phi) is 2.76. The maximum absolute atomic E-state index is 8.29. The van der Waals surface area contributed by atoms with Crippen LogP contribution < -0.4 is 0 Å². The Morgan fingerprint density at radius 2 is 2.50 bits per heavy atom. The molecule has 0 atom stereocenters. The molecule has 1 aliphatic rings. The quantitative estimate of drug-likeness (QED) is 0.566. The third kappa shape index (κ3) is 2.06. The summed E-state index contributed by atoms with van der Waals surface area (Å²) >= 11 is 0. The Morgan fingerprint density at radius 3 is 3.10 bits per heavy atom. The molecule has 0 unspecified atom stereocenters. The molecule has 0 aromatic carbocycles. The van der Waals surface area contributed by atoms with E-state index in [1.54, 1.807) is 0 Å². The van der Waals surface area contributed by atoms with Crippen molar-refractivity contribution in [2.75, 3.05) is 0 Å². The molecule has 0 saturated heterocycles. The summed E-state index contributed by atoms with van der Waals surface area (Å²) in [4.78, 5) is 0. The highest BCUT2D eigenvalue weighted by atomic mass is 14.2. The molecule has 0 aromatic rings. The summed E-state index contributed by atoms with van der Waals surface area (Å²) in [7, 11) is 0. The summed E-state index contributed by atoms with van der Waals surface area (Å²) in [5.41, 5.74) is 1.27. The molecule has 1 nitrogen and oxygen atoms in total. The summed E-state index contributed by atoms with van der Waals surface area (Å²) < 4.78 is 0. The van der Waals surface area contributed by atoms with Crippen molar-refractivity contribution in [3.63, 3.8) is 0 Å². The molecule has 10 heavy (non-hydrogen) atoms. The molecular formula is C9H10N. The lowest BCUT2D eigenvalue weighted by Gasteiger charge is -2.02. The van der Waals surface area contributed by atoms with E-state index < -0.39 is 0 Å². The highest BCUT2D eigenvalue weighted by Crippen LogP contribution is 2.13. The van der Waals surface area contributed by atoms with E-state index >= 15 is 0 Å². The topological polar surface area (TPSA) is 23.8 Å². The number of rotatable bonds is 2. The van der Waals surface area contributed by atoms with Crippen LogP contribution >= 0.6 is 0 Å². The van der Waals surface area contributed by atoms with Crippen molar-refractivity contribution < 1.29 is 0 Å². The number of nitrogens with zero attached hydrogens (tertiary/aromatic N) is 1. The first kappa shape index (κ1) is 7.08. The van der Waals surface area contributed by atoms with Crippen LogP contribution in [0.4, 0.5) is 0 Å². The van der Waals surface area contributed by atoms with Crippen LogP contribution in [0.25, 0.3) is 0 Å². The summed E-state index contributed by atoms with van der Waals surface area (Å²) in [5, 5.41) is 8.29. The normalized spacial score (nSPS) is 16.1. The van der Waals surface area contributed by atoms with E-state index in [4.69, 9.17) is 5.26 Å².